The van der Waals surface area contributed by atoms with Crippen LogP contribution in [0, 0.1) is 0 Å². The van der Waals surface area contributed by atoms with Crippen LogP contribution in [0.2, 0.25) is 0 Å². The topological polar surface area (TPSA) is 148 Å². The van der Waals surface area contributed by atoms with Crippen molar-refractivity contribution in [3.63, 3.8) is 0 Å². The predicted molar refractivity (Wildman–Crippen MR) is 131 cm³/mol. The van der Waals surface area contributed by atoms with E-state index in [0.29, 0.717) is 34.7 Å². The van der Waals surface area contributed by atoms with Crippen LogP contribution < -0.4 is 26.2 Å². The van der Waals surface area contributed by atoms with Crippen molar-refractivity contribution < 1.29 is 4.74 Å². The number of piperazine rings is 1. The number of nitrogen functional groups attached to an aromatic ring is 1. The molecule has 14 heteroatoms. The minimum absolute atomic E-state index is 0.116. The number of ether oxygens (including phenoxy) is 1. The lowest BCUT2D eigenvalue weighted by Crippen LogP contribution is -2.53. The number of morpholine rings is 1. The van der Waals surface area contributed by atoms with Crippen molar-refractivity contribution in [3.05, 3.63) is 29.4 Å². The summed E-state index contributed by atoms with van der Waals surface area (Å²) in [4.78, 5) is 26.4. The lowest BCUT2D eigenvalue weighted by molar-refractivity contribution is 0.0161. The number of rotatable bonds is 6. The normalized spacial score (nSPS) is 21.0. The molecule has 3 aromatic rings. The highest BCUT2D eigenvalue weighted by atomic mass is 79.9. The monoisotopic (exact) mass is 530 g/mol. The molecule has 0 spiro atoms. The van der Waals surface area contributed by atoms with E-state index in [1.807, 2.05) is 10.9 Å². The summed E-state index contributed by atoms with van der Waals surface area (Å²) in [7, 11) is 0. The van der Waals surface area contributed by atoms with E-state index in [-0.39, 0.29) is 12.1 Å². The molecule has 5 rings (SSSR count). The first-order valence-corrected chi connectivity index (χ1v) is 11.9. The summed E-state index contributed by atoms with van der Waals surface area (Å²) in [6, 6.07) is 0.150. The second-order valence-corrected chi connectivity index (χ2v) is 9.13. The van der Waals surface area contributed by atoms with Gasteiger partial charge in [-0.2, -0.15) is 15.1 Å². The summed E-state index contributed by atoms with van der Waals surface area (Å²) in [5.41, 5.74) is 6.74. The first kappa shape index (κ1) is 22.7. The Hall–Kier alpha value is -3.10. The minimum Gasteiger partial charge on any atom is -0.383 e. The zero-order valence-electron chi connectivity index (χ0n) is 18.8. The van der Waals surface area contributed by atoms with Crippen LogP contribution in [0.25, 0.3) is 0 Å². The molecule has 34 heavy (non-hydrogen) atoms. The average molecular weight is 531 g/mol. The van der Waals surface area contributed by atoms with Gasteiger partial charge in [-0.05, 0) is 22.9 Å². The molecule has 2 aliphatic heterocycles. The Bertz CT molecular complexity index is 1120. The number of hydrogen-bond acceptors (Lipinski definition) is 12. The Balaban J connectivity index is 1.21. The van der Waals surface area contributed by atoms with Crippen molar-refractivity contribution in [3.8, 4) is 0 Å². The Labute approximate surface area is 205 Å². The summed E-state index contributed by atoms with van der Waals surface area (Å²) in [5.74, 6) is 2.14. The van der Waals surface area contributed by atoms with Crippen LogP contribution in [0.4, 0.5) is 29.4 Å². The van der Waals surface area contributed by atoms with Gasteiger partial charge in [-0.3, -0.25) is 4.68 Å². The van der Waals surface area contributed by atoms with E-state index in [0.717, 1.165) is 45.0 Å². The molecule has 0 unspecified atom stereocenters. The molecular formula is C20H27BrN12O. The van der Waals surface area contributed by atoms with Crippen LogP contribution in [0.1, 0.15) is 6.92 Å². The van der Waals surface area contributed by atoms with E-state index in [9.17, 15) is 0 Å². The van der Waals surface area contributed by atoms with Crippen LogP contribution in [-0.2, 0) is 11.3 Å². The fourth-order valence-electron chi connectivity index (χ4n) is 4.05. The average Bonchev–Trinajstić information content (AvgIpc) is 3.28. The van der Waals surface area contributed by atoms with Gasteiger partial charge >= 0.3 is 0 Å². The second-order valence-electron chi connectivity index (χ2n) is 8.27. The van der Waals surface area contributed by atoms with E-state index in [4.69, 9.17) is 10.5 Å². The van der Waals surface area contributed by atoms with E-state index in [1.54, 1.807) is 12.4 Å². The molecule has 0 bridgehead atoms. The Morgan fingerprint density at radius 1 is 1.21 bits per heavy atom. The van der Waals surface area contributed by atoms with Gasteiger partial charge in [0.15, 0.2) is 0 Å². The molecular weight excluding hydrogens is 504 g/mol. The minimum atomic E-state index is 0.116. The highest BCUT2D eigenvalue weighted by molar-refractivity contribution is 9.10. The van der Waals surface area contributed by atoms with Crippen LogP contribution in [-0.4, -0.2) is 86.2 Å². The van der Waals surface area contributed by atoms with Crippen molar-refractivity contribution in [1.82, 2.24) is 40.0 Å². The first-order valence-electron chi connectivity index (χ1n) is 11.2. The number of nitrogens with two attached hydrogens (primary N) is 1. The molecule has 0 amide bonds. The maximum atomic E-state index is 5.94. The van der Waals surface area contributed by atoms with E-state index in [2.05, 4.69) is 73.3 Å². The molecule has 0 aliphatic carbocycles. The smallest absolute Gasteiger partial charge is 0.232 e. The number of nitrogens with one attached hydrogen (secondary N) is 2. The SMILES string of the molecule is C[C@@H]1CN(c2ncnc(Nc3cnn(C[C@@H]4CNCCO4)c3)n2)CCN1c1ncc(Br)c(N)n1. The lowest BCUT2D eigenvalue weighted by atomic mass is 10.2. The lowest BCUT2D eigenvalue weighted by Gasteiger charge is -2.39. The highest BCUT2D eigenvalue weighted by Crippen LogP contribution is 2.23. The summed E-state index contributed by atoms with van der Waals surface area (Å²) >= 11 is 3.34. The van der Waals surface area contributed by atoms with Gasteiger partial charge in [-0.1, -0.05) is 0 Å². The van der Waals surface area contributed by atoms with Crippen molar-refractivity contribution >= 4 is 45.3 Å². The van der Waals surface area contributed by atoms with Crippen LogP contribution in [0.5, 0.6) is 0 Å². The summed E-state index contributed by atoms with van der Waals surface area (Å²) < 4.78 is 8.30. The molecule has 2 aliphatic rings. The van der Waals surface area contributed by atoms with Crippen molar-refractivity contribution in [1.29, 1.82) is 0 Å². The Morgan fingerprint density at radius 2 is 2.12 bits per heavy atom. The predicted octanol–water partition coefficient (Wildman–Crippen LogP) is 0.650. The third kappa shape index (κ3) is 5.18. The quantitative estimate of drug-likeness (QED) is 0.410. The molecule has 2 atom stereocenters. The zero-order valence-corrected chi connectivity index (χ0v) is 20.4. The third-order valence-electron chi connectivity index (χ3n) is 5.77. The molecule has 2 fully saturated rings. The van der Waals surface area contributed by atoms with Crippen LogP contribution in [0.3, 0.4) is 0 Å². The molecule has 3 aromatic heterocycles. The Kier molecular flexibility index (Phi) is 6.69. The van der Waals surface area contributed by atoms with Crippen molar-refractivity contribution in [2.45, 2.75) is 25.6 Å². The summed E-state index contributed by atoms with van der Waals surface area (Å²) in [6.45, 7) is 7.41. The maximum Gasteiger partial charge on any atom is 0.232 e. The van der Waals surface area contributed by atoms with E-state index < -0.39 is 0 Å². The largest absolute Gasteiger partial charge is 0.383 e. The van der Waals surface area contributed by atoms with Gasteiger partial charge < -0.3 is 30.9 Å². The fraction of sp³-hybridized carbons (Fsp3) is 0.500. The van der Waals surface area contributed by atoms with Gasteiger partial charge in [0.25, 0.3) is 0 Å². The first-order chi connectivity index (χ1) is 16.5. The fourth-order valence-corrected chi connectivity index (χ4v) is 4.24. The van der Waals surface area contributed by atoms with Crippen LogP contribution in [0.15, 0.2) is 29.4 Å². The zero-order chi connectivity index (χ0) is 23.5. The number of anilines is 5. The standard InChI is InChI=1S/C20H27BrN12O/c1-13-9-31(3-4-33(13)20-24-8-16(21)17(22)29-20)19-26-12-25-18(30-19)28-14-6-27-32(10-14)11-15-7-23-2-5-34-15/h6,8,10,12-13,15,23H,2-5,7,9,11H2,1H3,(H2,22,24,29)(H,25,26,28,30)/t13-,15+/m1/s1. The molecule has 4 N–H and O–H groups in total. The van der Waals surface area contributed by atoms with Gasteiger partial charge in [0.1, 0.15) is 12.1 Å². The Morgan fingerprint density at radius 3 is 2.91 bits per heavy atom. The molecule has 5 heterocycles. The number of nitrogens with zero attached hydrogens (tertiary/aromatic N) is 9. The number of hydrogen-bond donors (Lipinski definition) is 3. The molecule has 0 saturated carbocycles. The highest BCUT2D eigenvalue weighted by Gasteiger charge is 2.27. The van der Waals surface area contributed by atoms with E-state index in [1.165, 1.54) is 6.33 Å². The molecule has 0 aromatic carbocycles. The molecule has 13 nitrogen and oxygen atoms in total. The van der Waals surface area contributed by atoms with Gasteiger partial charge in [0, 0.05) is 51.2 Å². The van der Waals surface area contributed by atoms with E-state index >= 15 is 0 Å². The van der Waals surface area contributed by atoms with Gasteiger partial charge in [-0.15, -0.1) is 0 Å². The van der Waals surface area contributed by atoms with Crippen LogP contribution >= 0.6 is 15.9 Å². The van der Waals surface area contributed by atoms with Gasteiger partial charge in [0.2, 0.25) is 17.8 Å². The van der Waals surface area contributed by atoms with Gasteiger partial charge in [0.05, 0.1) is 35.6 Å². The molecule has 0 radical (unpaired) electrons. The summed E-state index contributed by atoms with van der Waals surface area (Å²) in [5, 5.41) is 11.0. The van der Waals surface area contributed by atoms with Gasteiger partial charge in [-0.25, -0.2) is 15.0 Å². The molecule has 180 valence electrons. The summed E-state index contributed by atoms with van der Waals surface area (Å²) in [6.07, 6.45) is 7.00. The number of halogens is 1. The maximum absolute atomic E-state index is 5.94. The second kappa shape index (κ2) is 10.0. The van der Waals surface area contributed by atoms with Crippen molar-refractivity contribution in [2.75, 3.05) is 60.2 Å². The molecule has 2 saturated heterocycles. The number of aromatic nitrogens is 7. The van der Waals surface area contributed by atoms with Crippen molar-refractivity contribution in [2.24, 2.45) is 0 Å². The third-order valence-corrected chi connectivity index (χ3v) is 6.38.